The van der Waals surface area contributed by atoms with Gasteiger partial charge in [-0.05, 0) is 30.5 Å². The van der Waals surface area contributed by atoms with Crippen molar-refractivity contribution in [2.75, 3.05) is 11.9 Å². The molecule has 0 radical (unpaired) electrons. The molecule has 4 nitrogen and oxygen atoms in total. The van der Waals surface area contributed by atoms with Crippen molar-refractivity contribution in [2.45, 2.75) is 19.4 Å². The Kier molecular flexibility index (Phi) is 5.81. The third kappa shape index (κ3) is 4.23. The molecule has 0 aliphatic carbocycles. The zero-order chi connectivity index (χ0) is 15.9. The number of hydrogen-bond acceptors (Lipinski definition) is 2. The van der Waals surface area contributed by atoms with Crippen molar-refractivity contribution in [3.8, 4) is 0 Å². The molecule has 0 fully saturated rings. The molecule has 0 aliphatic heterocycles. The number of rotatable bonds is 5. The number of halogens is 1. The Labute approximate surface area is 135 Å². The number of carbonyl (C=O) groups is 1. The van der Waals surface area contributed by atoms with Crippen LogP contribution in [0.1, 0.15) is 23.6 Å². The second-order valence-electron chi connectivity index (χ2n) is 5.01. The van der Waals surface area contributed by atoms with E-state index >= 15 is 0 Å². The molecule has 1 atom stereocenters. The normalized spacial score (nSPS) is 11.8. The summed E-state index contributed by atoms with van der Waals surface area (Å²) < 4.78 is 0. The van der Waals surface area contributed by atoms with Crippen LogP contribution in [0.2, 0.25) is 5.02 Å². The second kappa shape index (κ2) is 7.82. The van der Waals surface area contributed by atoms with Crippen LogP contribution >= 0.6 is 11.6 Å². The first kappa shape index (κ1) is 16.3. The Hall–Kier alpha value is -2.04. The van der Waals surface area contributed by atoms with E-state index in [0.29, 0.717) is 17.1 Å². The van der Waals surface area contributed by atoms with Crippen molar-refractivity contribution < 1.29 is 9.90 Å². The molecule has 0 saturated carbocycles. The number of aliphatic hydroxyl groups excluding tert-OH is 1. The van der Waals surface area contributed by atoms with Crippen LogP contribution in [0.15, 0.2) is 48.5 Å². The molecule has 0 bridgehead atoms. The van der Waals surface area contributed by atoms with E-state index < -0.39 is 0 Å². The summed E-state index contributed by atoms with van der Waals surface area (Å²) in [5, 5.41) is 15.3. The van der Waals surface area contributed by atoms with Gasteiger partial charge in [0.05, 0.1) is 16.8 Å². The van der Waals surface area contributed by atoms with Gasteiger partial charge in [0.15, 0.2) is 0 Å². The van der Waals surface area contributed by atoms with Crippen LogP contribution in [0.25, 0.3) is 0 Å². The highest BCUT2D eigenvalue weighted by Crippen LogP contribution is 2.25. The average molecular weight is 319 g/mol. The maximum Gasteiger partial charge on any atom is 0.319 e. The standard InChI is InChI=1S/C17H19ClN2O2/c1-12-6-5-9-15(16(12)18)20-17(22)19-14(10-11-21)13-7-3-2-4-8-13/h2-9,14,21H,10-11H2,1H3,(H2,19,20,22)/t14-/m1/s1. The van der Waals surface area contributed by atoms with Gasteiger partial charge >= 0.3 is 6.03 Å². The van der Waals surface area contributed by atoms with E-state index in [9.17, 15) is 9.90 Å². The van der Waals surface area contributed by atoms with Crippen molar-refractivity contribution in [3.05, 3.63) is 64.7 Å². The van der Waals surface area contributed by atoms with E-state index in [4.69, 9.17) is 11.6 Å². The number of urea groups is 1. The Balaban J connectivity index is 2.07. The van der Waals surface area contributed by atoms with Gasteiger partial charge in [-0.25, -0.2) is 4.79 Å². The van der Waals surface area contributed by atoms with Crippen LogP contribution < -0.4 is 10.6 Å². The predicted molar refractivity (Wildman–Crippen MR) is 89.2 cm³/mol. The molecule has 0 saturated heterocycles. The summed E-state index contributed by atoms with van der Waals surface area (Å²) in [7, 11) is 0. The Morgan fingerprint density at radius 1 is 1.18 bits per heavy atom. The van der Waals surface area contributed by atoms with Crippen LogP contribution in [0.4, 0.5) is 10.5 Å². The molecule has 0 aromatic heterocycles. The molecule has 22 heavy (non-hydrogen) atoms. The zero-order valence-corrected chi connectivity index (χ0v) is 13.1. The molecule has 0 spiro atoms. The zero-order valence-electron chi connectivity index (χ0n) is 12.3. The van der Waals surface area contributed by atoms with E-state index in [0.717, 1.165) is 11.1 Å². The minimum Gasteiger partial charge on any atom is -0.396 e. The molecule has 2 rings (SSSR count). The van der Waals surface area contributed by atoms with Gasteiger partial charge in [-0.2, -0.15) is 0 Å². The minimum atomic E-state index is -0.352. The van der Waals surface area contributed by atoms with Gasteiger partial charge < -0.3 is 15.7 Å². The smallest absolute Gasteiger partial charge is 0.319 e. The highest BCUT2D eigenvalue weighted by Gasteiger charge is 2.15. The fraction of sp³-hybridized carbons (Fsp3) is 0.235. The topological polar surface area (TPSA) is 61.4 Å². The van der Waals surface area contributed by atoms with Crippen molar-refractivity contribution >= 4 is 23.3 Å². The Bertz CT molecular complexity index is 632. The first-order valence-corrected chi connectivity index (χ1v) is 7.48. The monoisotopic (exact) mass is 318 g/mol. The van der Waals surface area contributed by atoms with E-state index in [1.54, 1.807) is 6.07 Å². The number of nitrogens with one attached hydrogen (secondary N) is 2. The van der Waals surface area contributed by atoms with Crippen LogP contribution in [0.3, 0.4) is 0 Å². The number of hydrogen-bond donors (Lipinski definition) is 3. The summed E-state index contributed by atoms with van der Waals surface area (Å²) >= 11 is 6.17. The number of anilines is 1. The maximum absolute atomic E-state index is 12.2. The van der Waals surface area contributed by atoms with Gasteiger partial charge in [-0.3, -0.25) is 0 Å². The van der Waals surface area contributed by atoms with Crippen molar-refractivity contribution in [1.29, 1.82) is 0 Å². The Morgan fingerprint density at radius 3 is 2.59 bits per heavy atom. The van der Waals surface area contributed by atoms with Crippen LogP contribution in [-0.4, -0.2) is 17.7 Å². The van der Waals surface area contributed by atoms with E-state index in [1.807, 2.05) is 49.4 Å². The number of benzene rings is 2. The van der Waals surface area contributed by atoms with Gasteiger partial charge in [0, 0.05) is 6.61 Å². The lowest BCUT2D eigenvalue weighted by atomic mass is 10.0. The maximum atomic E-state index is 12.2. The number of aliphatic hydroxyl groups is 1. The lowest BCUT2D eigenvalue weighted by molar-refractivity contribution is 0.239. The molecule has 116 valence electrons. The lowest BCUT2D eigenvalue weighted by Crippen LogP contribution is -2.33. The predicted octanol–water partition coefficient (Wildman–Crippen LogP) is 3.89. The van der Waals surface area contributed by atoms with Crippen molar-refractivity contribution in [3.63, 3.8) is 0 Å². The molecular formula is C17H19ClN2O2. The summed E-state index contributed by atoms with van der Waals surface area (Å²) in [5.74, 6) is 0. The van der Waals surface area contributed by atoms with Crippen molar-refractivity contribution in [2.24, 2.45) is 0 Å². The highest BCUT2D eigenvalue weighted by molar-refractivity contribution is 6.34. The fourth-order valence-corrected chi connectivity index (χ4v) is 2.37. The van der Waals surface area contributed by atoms with Gasteiger partial charge in [-0.15, -0.1) is 0 Å². The summed E-state index contributed by atoms with van der Waals surface area (Å²) in [4.78, 5) is 12.2. The molecule has 2 amide bonds. The van der Waals surface area contributed by atoms with Crippen LogP contribution in [0.5, 0.6) is 0 Å². The molecule has 2 aromatic carbocycles. The fourth-order valence-electron chi connectivity index (χ4n) is 2.20. The summed E-state index contributed by atoms with van der Waals surface area (Å²) in [6.45, 7) is 1.87. The number of carbonyl (C=O) groups excluding carboxylic acids is 1. The molecular weight excluding hydrogens is 300 g/mol. The molecule has 2 aromatic rings. The molecule has 3 N–H and O–H groups in total. The summed E-state index contributed by atoms with van der Waals surface area (Å²) in [6.07, 6.45) is 0.443. The molecule has 5 heteroatoms. The van der Waals surface area contributed by atoms with Gasteiger partial charge in [0.2, 0.25) is 0 Å². The largest absolute Gasteiger partial charge is 0.396 e. The second-order valence-corrected chi connectivity index (χ2v) is 5.39. The molecule has 0 unspecified atom stereocenters. The van der Waals surface area contributed by atoms with Gasteiger partial charge in [0.25, 0.3) is 0 Å². The van der Waals surface area contributed by atoms with E-state index in [1.165, 1.54) is 0 Å². The highest BCUT2D eigenvalue weighted by atomic mass is 35.5. The average Bonchev–Trinajstić information content (AvgIpc) is 2.52. The number of amides is 2. The minimum absolute atomic E-state index is 0.00889. The van der Waals surface area contributed by atoms with E-state index in [-0.39, 0.29) is 18.7 Å². The van der Waals surface area contributed by atoms with Crippen molar-refractivity contribution in [1.82, 2.24) is 5.32 Å². The molecule has 0 heterocycles. The van der Waals surface area contributed by atoms with E-state index in [2.05, 4.69) is 10.6 Å². The lowest BCUT2D eigenvalue weighted by Gasteiger charge is -2.19. The Morgan fingerprint density at radius 2 is 1.91 bits per heavy atom. The summed E-state index contributed by atoms with van der Waals surface area (Å²) in [5.41, 5.74) is 2.41. The quantitative estimate of drug-likeness (QED) is 0.783. The SMILES string of the molecule is Cc1cccc(NC(=O)N[C@H](CCO)c2ccccc2)c1Cl. The third-order valence-electron chi connectivity index (χ3n) is 3.37. The number of aryl methyl sites for hydroxylation is 1. The summed E-state index contributed by atoms with van der Waals surface area (Å²) in [6, 6.07) is 14.4. The van der Waals surface area contributed by atoms with Crippen LogP contribution in [0, 0.1) is 6.92 Å². The first-order valence-electron chi connectivity index (χ1n) is 7.10. The van der Waals surface area contributed by atoms with Gasteiger partial charge in [0.1, 0.15) is 0 Å². The third-order valence-corrected chi connectivity index (χ3v) is 3.87. The van der Waals surface area contributed by atoms with Crippen LogP contribution in [-0.2, 0) is 0 Å². The first-order chi connectivity index (χ1) is 10.6. The molecule has 0 aliphatic rings. The van der Waals surface area contributed by atoms with Gasteiger partial charge in [-0.1, -0.05) is 54.1 Å².